The molecule has 1 saturated heterocycles. The van der Waals surface area contributed by atoms with Gasteiger partial charge in [0.25, 0.3) is 0 Å². The molecule has 0 bridgehead atoms. The van der Waals surface area contributed by atoms with Crippen LogP contribution < -0.4 is 0 Å². The lowest BCUT2D eigenvalue weighted by molar-refractivity contribution is 0.145. The van der Waals surface area contributed by atoms with E-state index < -0.39 is 10.0 Å². The number of hydrogen-bond donors (Lipinski definition) is 0. The standard InChI is InChI=1S/C20H25FN2O2S/c1-16-14-19(8-9-20(16)21)26(24,25)23-12-10-22(11-13-23)17(2)15-18-6-4-3-5-7-18/h3-9,14,17H,10-13,15H2,1-2H3. The summed E-state index contributed by atoms with van der Waals surface area (Å²) < 4.78 is 40.5. The van der Waals surface area contributed by atoms with Crippen LogP contribution in [-0.2, 0) is 16.4 Å². The monoisotopic (exact) mass is 376 g/mol. The van der Waals surface area contributed by atoms with E-state index in [-0.39, 0.29) is 10.7 Å². The molecule has 1 atom stereocenters. The Labute approximate surface area is 155 Å². The first-order chi connectivity index (χ1) is 12.4. The van der Waals surface area contributed by atoms with E-state index >= 15 is 0 Å². The molecule has 0 amide bonds. The number of rotatable bonds is 5. The van der Waals surface area contributed by atoms with Gasteiger partial charge in [0, 0.05) is 32.2 Å². The van der Waals surface area contributed by atoms with Gasteiger partial charge >= 0.3 is 0 Å². The van der Waals surface area contributed by atoms with Gasteiger partial charge in [0.2, 0.25) is 10.0 Å². The highest BCUT2D eigenvalue weighted by atomic mass is 32.2. The van der Waals surface area contributed by atoms with Gasteiger partial charge in [-0.15, -0.1) is 0 Å². The molecule has 1 unspecified atom stereocenters. The van der Waals surface area contributed by atoms with E-state index in [4.69, 9.17) is 0 Å². The highest BCUT2D eigenvalue weighted by Gasteiger charge is 2.30. The summed E-state index contributed by atoms with van der Waals surface area (Å²) in [6.07, 6.45) is 0.949. The molecule has 2 aromatic carbocycles. The third kappa shape index (κ3) is 4.14. The van der Waals surface area contributed by atoms with Crippen LogP contribution in [0.15, 0.2) is 53.4 Å². The lowest BCUT2D eigenvalue weighted by atomic mass is 10.1. The van der Waals surface area contributed by atoms with Crippen molar-refractivity contribution in [2.45, 2.75) is 31.2 Å². The van der Waals surface area contributed by atoms with Crippen LogP contribution in [0.3, 0.4) is 0 Å². The maximum atomic E-state index is 13.4. The third-order valence-corrected chi connectivity index (χ3v) is 6.93. The van der Waals surface area contributed by atoms with Crippen molar-refractivity contribution in [3.8, 4) is 0 Å². The fourth-order valence-corrected chi connectivity index (χ4v) is 4.90. The summed E-state index contributed by atoms with van der Waals surface area (Å²) >= 11 is 0. The van der Waals surface area contributed by atoms with Crippen LogP contribution in [0.1, 0.15) is 18.1 Å². The SMILES string of the molecule is Cc1cc(S(=O)(=O)N2CCN(C(C)Cc3ccccc3)CC2)ccc1F. The normalized spacial score (nSPS) is 18.0. The van der Waals surface area contributed by atoms with Gasteiger partial charge in [0.05, 0.1) is 4.90 Å². The predicted octanol–water partition coefficient (Wildman–Crippen LogP) is 3.07. The van der Waals surface area contributed by atoms with Gasteiger partial charge in [-0.3, -0.25) is 4.90 Å². The van der Waals surface area contributed by atoms with Gasteiger partial charge in [-0.1, -0.05) is 30.3 Å². The van der Waals surface area contributed by atoms with Crippen molar-refractivity contribution in [1.82, 2.24) is 9.21 Å². The first-order valence-electron chi connectivity index (χ1n) is 8.92. The smallest absolute Gasteiger partial charge is 0.243 e. The quantitative estimate of drug-likeness (QED) is 0.805. The van der Waals surface area contributed by atoms with Gasteiger partial charge in [0.15, 0.2) is 0 Å². The molecule has 1 aliphatic heterocycles. The van der Waals surface area contributed by atoms with E-state index in [0.717, 1.165) is 6.42 Å². The molecule has 1 aliphatic rings. The lowest BCUT2D eigenvalue weighted by Gasteiger charge is -2.37. The van der Waals surface area contributed by atoms with Gasteiger partial charge < -0.3 is 0 Å². The molecule has 0 aliphatic carbocycles. The fourth-order valence-electron chi connectivity index (χ4n) is 3.40. The molecule has 4 nitrogen and oxygen atoms in total. The summed E-state index contributed by atoms with van der Waals surface area (Å²) in [6, 6.07) is 14.7. The largest absolute Gasteiger partial charge is 0.298 e. The molecule has 1 fully saturated rings. The molecule has 2 aromatic rings. The van der Waals surface area contributed by atoms with Crippen molar-refractivity contribution in [2.24, 2.45) is 0 Å². The Bertz CT molecular complexity index is 847. The van der Waals surface area contributed by atoms with Crippen LogP contribution in [0, 0.1) is 12.7 Å². The fraction of sp³-hybridized carbons (Fsp3) is 0.400. The maximum absolute atomic E-state index is 13.4. The Hall–Kier alpha value is -1.76. The molecule has 0 radical (unpaired) electrons. The highest BCUT2D eigenvalue weighted by Crippen LogP contribution is 2.21. The number of nitrogens with zero attached hydrogens (tertiary/aromatic N) is 2. The number of aryl methyl sites for hydroxylation is 1. The molecule has 0 N–H and O–H groups in total. The van der Waals surface area contributed by atoms with E-state index in [9.17, 15) is 12.8 Å². The van der Waals surface area contributed by atoms with Crippen LogP contribution in [0.2, 0.25) is 0 Å². The minimum atomic E-state index is -3.57. The second-order valence-electron chi connectivity index (χ2n) is 6.89. The number of benzene rings is 2. The predicted molar refractivity (Wildman–Crippen MR) is 101 cm³/mol. The van der Waals surface area contributed by atoms with Crippen molar-refractivity contribution in [3.63, 3.8) is 0 Å². The second-order valence-corrected chi connectivity index (χ2v) is 8.83. The van der Waals surface area contributed by atoms with Crippen molar-refractivity contribution in [2.75, 3.05) is 26.2 Å². The molecule has 140 valence electrons. The topological polar surface area (TPSA) is 40.6 Å². The summed E-state index contributed by atoms with van der Waals surface area (Å²) in [7, 11) is -3.57. The van der Waals surface area contributed by atoms with Gasteiger partial charge in [-0.2, -0.15) is 4.31 Å². The number of sulfonamides is 1. The molecule has 1 heterocycles. The van der Waals surface area contributed by atoms with E-state index in [1.807, 2.05) is 18.2 Å². The molecule has 0 spiro atoms. The Morgan fingerprint density at radius 3 is 2.31 bits per heavy atom. The minimum absolute atomic E-state index is 0.169. The molecule has 0 aromatic heterocycles. The highest BCUT2D eigenvalue weighted by molar-refractivity contribution is 7.89. The summed E-state index contributed by atoms with van der Waals surface area (Å²) in [5.74, 6) is -0.386. The minimum Gasteiger partial charge on any atom is -0.298 e. The zero-order valence-electron chi connectivity index (χ0n) is 15.2. The van der Waals surface area contributed by atoms with E-state index in [1.165, 1.54) is 28.1 Å². The number of hydrogen-bond acceptors (Lipinski definition) is 3. The molecule has 6 heteroatoms. The third-order valence-electron chi connectivity index (χ3n) is 5.04. The Kier molecular flexibility index (Phi) is 5.75. The number of halogens is 1. The Morgan fingerprint density at radius 2 is 1.69 bits per heavy atom. The van der Waals surface area contributed by atoms with Gasteiger partial charge in [0.1, 0.15) is 5.82 Å². The zero-order valence-corrected chi connectivity index (χ0v) is 16.0. The van der Waals surface area contributed by atoms with Crippen LogP contribution in [0.25, 0.3) is 0 Å². The zero-order chi connectivity index (χ0) is 18.7. The molecular weight excluding hydrogens is 351 g/mol. The summed E-state index contributed by atoms with van der Waals surface area (Å²) in [6.45, 7) is 6.08. The first-order valence-corrected chi connectivity index (χ1v) is 10.4. The summed E-state index contributed by atoms with van der Waals surface area (Å²) in [5, 5.41) is 0. The van der Waals surface area contributed by atoms with Crippen LogP contribution in [0.5, 0.6) is 0 Å². The van der Waals surface area contributed by atoms with E-state index in [2.05, 4.69) is 24.0 Å². The van der Waals surface area contributed by atoms with Crippen LogP contribution >= 0.6 is 0 Å². The van der Waals surface area contributed by atoms with E-state index in [1.54, 1.807) is 6.92 Å². The van der Waals surface area contributed by atoms with Crippen molar-refractivity contribution < 1.29 is 12.8 Å². The Morgan fingerprint density at radius 1 is 1.04 bits per heavy atom. The van der Waals surface area contributed by atoms with E-state index in [0.29, 0.717) is 37.8 Å². The van der Waals surface area contributed by atoms with Crippen molar-refractivity contribution in [3.05, 3.63) is 65.5 Å². The van der Waals surface area contributed by atoms with Gasteiger partial charge in [-0.25, -0.2) is 12.8 Å². The average molecular weight is 376 g/mol. The molecular formula is C20H25FN2O2S. The second kappa shape index (κ2) is 7.86. The van der Waals surface area contributed by atoms with Crippen LogP contribution in [-0.4, -0.2) is 49.8 Å². The van der Waals surface area contributed by atoms with Crippen molar-refractivity contribution in [1.29, 1.82) is 0 Å². The average Bonchev–Trinajstić information content (AvgIpc) is 2.65. The number of piperazine rings is 1. The maximum Gasteiger partial charge on any atom is 0.243 e. The Balaban J connectivity index is 1.63. The molecule has 3 rings (SSSR count). The van der Waals surface area contributed by atoms with Crippen LogP contribution in [0.4, 0.5) is 4.39 Å². The summed E-state index contributed by atoms with van der Waals surface area (Å²) in [4.78, 5) is 2.50. The first kappa shape index (κ1) is 19.0. The molecule has 26 heavy (non-hydrogen) atoms. The molecule has 0 saturated carbocycles. The van der Waals surface area contributed by atoms with Crippen molar-refractivity contribution >= 4 is 10.0 Å². The summed E-state index contributed by atoms with van der Waals surface area (Å²) in [5.41, 5.74) is 1.64. The van der Waals surface area contributed by atoms with Gasteiger partial charge in [-0.05, 0) is 49.6 Å². The lowest BCUT2D eigenvalue weighted by Crippen LogP contribution is -2.51.